The number of hydrogen-bond donors (Lipinski definition) is 1. The highest BCUT2D eigenvalue weighted by atomic mass is 16.5. The molecule has 0 saturated heterocycles. The molecule has 5 heteroatoms. The van der Waals surface area contributed by atoms with Crippen LogP contribution in [0.25, 0.3) is 22.2 Å². The van der Waals surface area contributed by atoms with E-state index in [4.69, 9.17) is 15.5 Å². The Morgan fingerprint density at radius 2 is 1.92 bits per heavy atom. The van der Waals surface area contributed by atoms with E-state index in [1.54, 1.807) is 18.3 Å². The van der Waals surface area contributed by atoms with E-state index in [1.165, 1.54) is 0 Å². The van der Waals surface area contributed by atoms with Crippen LogP contribution in [0.3, 0.4) is 0 Å². The van der Waals surface area contributed by atoms with Crippen LogP contribution in [-0.4, -0.2) is 10.1 Å². The molecule has 0 aliphatic rings. The number of nitrogens with zero attached hydrogens (tertiary/aromatic N) is 3. The average Bonchev–Trinajstić information content (AvgIpc) is 3.11. The highest BCUT2D eigenvalue weighted by molar-refractivity contribution is 5.93. The number of hydrogen-bond acceptors (Lipinski definition) is 5. The van der Waals surface area contributed by atoms with Crippen LogP contribution in [-0.2, 0) is 6.42 Å². The van der Waals surface area contributed by atoms with Crippen molar-refractivity contribution in [2.24, 2.45) is 5.73 Å². The van der Waals surface area contributed by atoms with Gasteiger partial charge in [-0.3, -0.25) is 4.98 Å². The second kappa shape index (κ2) is 6.79. The molecule has 0 spiro atoms. The van der Waals surface area contributed by atoms with Crippen molar-refractivity contribution in [1.82, 2.24) is 10.1 Å². The van der Waals surface area contributed by atoms with Gasteiger partial charge in [0, 0.05) is 41.4 Å². The number of pyridine rings is 1. The minimum absolute atomic E-state index is 0.216. The predicted octanol–water partition coefficient (Wildman–Crippen LogP) is 4.00. The van der Waals surface area contributed by atoms with E-state index in [0.29, 0.717) is 17.6 Å². The first-order valence-electron chi connectivity index (χ1n) is 8.30. The quantitative estimate of drug-likeness (QED) is 0.606. The molecule has 2 N–H and O–H groups in total. The van der Waals surface area contributed by atoms with Gasteiger partial charge in [0.05, 0.1) is 11.6 Å². The van der Waals surface area contributed by atoms with Crippen LogP contribution in [0.5, 0.6) is 0 Å². The summed E-state index contributed by atoms with van der Waals surface area (Å²) in [5.41, 5.74) is 11.2. The van der Waals surface area contributed by atoms with Crippen LogP contribution in [0.2, 0.25) is 0 Å². The molecule has 0 amide bonds. The van der Waals surface area contributed by atoms with Gasteiger partial charge in [0.2, 0.25) is 0 Å². The summed E-state index contributed by atoms with van der Waals surface area (Å²) in [7, 11) is 0. The molecule has 126 valence electrons. The summed E-state index contributed by atoms with van der Waals surface area (Å²) in [5, 5.41) is 14.1. The molecule has 0 bridgehead atoms. The van der Waals surface area contributed by atoms with Crippen LogP contribution in [0.4, 0.5) is 0 Å². The molecule has 0 radical (unpaired) electrons. The number of nitriles is 1. The lowest BCUT2D eigenvalue weighted by Gasteiger charge is -2.15. The molecular weight excluding hydrogens is 324 g/mol. The van der Waals surface area contributed by atoms with Crippen molar-refractivity contribution in [3.63, 3.8) is 0 Å². The van der Waals surface area contributed by atoms with Gasteiger partial charge in [-0.25, -0.2) is 0 Å². The lowest BCUT2D eigenvalue weighted by Crippen LogP contribution is -2.15. The fraction of sp³-hybridized carbons (Fsp3) is 0.0952. The van der Waals surface area contributed by atoms with Crippen molar-refractivity contribution >= 4 is 11.0 Å². The third kappa shape index (κ3) is 2.94. The van der Waals surface area contributed by atoms with E-state index >= 15 is 0 Å². The zero-order valence-corrected chi connectivity index (χ0v) is 14.0. The second-order valence-corrected chi connectivity index (χ2v) is 6.07. The van der Waals surface area contributed by atoms with E-state index in [9.17, 15) is 0 Å². The summed E-state index contributed by atoms with van der Waals surface area (Å²) in [5.74, 6) is 0. The minimum Gasteiger partial charge on any atom is -0.356 e. The maximum absolute atomic E-state index is 9.04. The Bertz CT molecular complexity index is 1100. The van der Waals surface area contributed by atoms with Crippen LogP contribution in [0.15, 0.2) is 71.4 Å². The fourth-order valence-electron chi connectivity index (χ4n) is 3.09. The summed E-state index contributed by atoms with van der Waals surface area (Å²) in [6.07, 6.45) is 2.40. The van der Waals surface area contributed by atoms with E-state index in [0.717, 1.165) is 27.9 Å². The normalized spacial score (nSPS) is 12.0. The van der Waals surface area contributed by atoms with Crippen LogP contribution < -0.4 is 5.73 Å². The Kier molecular flexibility index (Phi) is 4.18. The summed E-state index contributed by atoms with van der Waals surface area (Å²) >= 11 is 0. The molecular formula is C21H16N4O. The zero-order chi connectivity index (χ0) is 17.9. The molecule has 2 aromatic heterocycles. The number of fused-ring (bicyclic) bond motifs is 1. The third-order valence-electron chi connectivity index (χ3n) is 4.37. The lowest BCUT2D eigenvalue weighted by atomic mass is 9.94. The van der Waals surface area contributed by atoms with Gasteiger partial charge in [-0.2, -0.15) is 5.26 Å². The summed E-state index contributed by atoms with van der Waals surface area (Å²) < 4.78 is 5.44. The standard InChI is InChI=1S/C21H16N4O/c22-13-14-8-9-18-20(11-14)26-25-21(18)17-7-2-1-6-16(17)19(23)12-15-5-3-4-10-24-15/h1-11,19H,12,23H2. The van der Waals surface area contributed by atoms with E-state index < -0.39 is 0 Å². The Labute approximate surface area is 150 Å². The van der Waals surface area contributed by atoms with Gasteiger partial charge >= 0.3 is 0 Å². The first-order chi connectivity index (χ1) is 12.8. The summed E-state index contributed by atoms with van der Waals surface area (Å²) in [4.78, 5) is 4.36. The number of nitrogens with two attached hydrogens (primary N) is 1. The third-order valence-corrected chi connectivity index (χ3v) is 4.37. The maximum Gasteiger partial charge on any atom is 0.168 e. The monoisotopic (exact) mass is 340 g/mol. The molecule has 4 rings (SSSR count). The second-order valence-electron chi connectivity index (χ2n) is 6.07. The Morgan fingerprint density at radius 1 is 1.08 bits per heavy atom. The van der Waals surface area contributed by atoms with Gasteiger partial charge in [0.25, 0.3) is 0 Å². The van der Waals surface area contributed by atoms with Crippen molar-refractivity contribution in [1.29, 1.82) is 5.26 Å². The van der Waals surface area contributed by atoms with Gasteiger partial charge in [-0.05, 0) is 29.8 Å². The molecule has 5 nitrogen and oxygen atoms in total. The van der Waals surface area contributed by atoms with E-state index in [1.807, 2.05) is 48.5 Å². The number of benzene rings is 2. The largest absolute Gasteiger partial charge is 0.356 e. The molecule has 2 heterocycles. The smallest absolute Gasteiger partial charge is 0.168 e. The maximum atomic E-state index is 9.04. The lowest BCUT2D eigenvalue weighted by molar-refractivity contribution is 0.459. The Hall–Kier alpha value is -3.49. The Balaban J connectivity index is 1.76. The summed E-state index contributed by atoms with van der Waals surface area (Å²) in [6, 6.07) is 20.9. The van der Waals surface area contributed by atoms with Crippen LogP contribution >= 0.6 is 0 Å². The molecule has 26 heavy (non-hydrogen) atoms. The predicted molar refractivity (Wildman–Crippen MR) is 99.0 cm³/mol. The van der Waals surface area contributed by atoms with Crippen molar-refractivity contribution in [2.75, 3.05) is 0 Å². The number of rotatable bonds is 4. The fourth-order valence-corrected chi connectivity index (χ4v) is 3.09. The Morgan fingerprint density at radius 3 is 2.73 bits per heavy atom. The molecule has 1 unspecified atom stereocenters. The topological polar surface area (TPSA) is 88.7 Å². The van der Waals surface area contributed by atoms with Crippen LogP contribution in [0, 0.1) is 11.3 Å². The molecule has 0 fully saturated rings. The van der Waals surface area contributed by atoms with Gasteiger partial charge < -0.3 is 10.3 Å². The van der Waals surface area contributed by atoms with Gasteiger partial charge in [0.15, 0.2) is 5.58 Å². The zero-order valence-electron chi connectivity index (χ0n) is 14.0. The minimum atomic E-state index is -0.216. The van der Waals surface area contributed by atoms with E-state index in [2.05, 4.69) is 16.2 Å². The molecule has 4 aromatic rings. The van der Waals surface area contributed by atoms with Crippen molar-refractivity contribution in [3.05, 3.63) is 83.7 Å². The first kappa shape index (κ1) is 16.0. The number of aromatic nitrogens is 2. The van der Waals surface area contributed by atoms with Gasteiger partial charge in [-0.1, -0.05) is 35.5 Å². The molecule has 0 aliphatic heterocycles. The van der Waals surface area contributed by atoms with E-state index in [-0.39, 0.29) is 6.04 Å². The summed E-state index contributed by atoms with van der Waals surface area (Å²) in [6.45, 7) is 0. The van der Waals surface area contributed by atoms with Crippen molar-refractivity contribution in [3.8, 4) is 17.3 Å². The molecule has 1 atom stereocenters. The highest BCUT2D eigenvalue weighted by Crippen LogP contribution is 2.33. The van der Waals surface area contributed by atoms with Gasteiger partial charge in [0.1, 0.15) is 5.69 Å². The van der Waals surface area contributed by atoms with Crippen molar-refractivity contribution < 1.29 is 4.52 Å². The highest BCUT2D eigenvalue weighted by Gasteiger charge is 2.18. The molecule has 0 saturated carbocycles. The van der Waals surface area contributed by atoms with Crippen molar-refractivity contribution in [2.45, 2.75) is 12.5 Å². The van der Waals surface area contributed by atoms with Crippen LogP contribution in [0.1, 0.15) is 22.9 Å². The van der Waals surface area contributed by atoms with Gasteiger partial charge in [-0.15, -0.1) is 0 Å². The first-order valence-corrected chi connectivity index (χ1v) is 8.30. The molecule has 2 aromatic carbocycles. The SMILES string of the molecule is N#Cc1ccc2c(-c3ccccc3C(N)Cc3ccccn3)noc2c1. The molecule has 0 aliphatic carbocycles. The average molecular weight is 340 g/mol.